The molecule has 0 fully saturated rings. The molecule has 0 aliphatic carbocycles. The van der Waals surface area contributed by atoms with E-state index >= 15 is 0 Å². The van der Waals surface area contributed by atoms with Crippen LogP contribution in [0.25, 0.3) is 0 Å². The second kappa shape index (κ2) is 5.37. The number of carbonyl (C=O) groups excluding carboxylic acids is 1. The highest BCUT2D eigenvalue weighted by Gasteiger charge is 2.25. The third kappa shape index (κ3) is 3.43. The van der Waals surface area contributed by atoms with E-state index in [9.17, 15) is 13.2 Å². The van der Waals surface area contributed by atoms with Gasteiger partial charge in [-0.15, -0.1) is 0 Å². The van der Waals surface area contributed by atoms with Crippen LogP contribution in [0.5, 0.6) is 0 Å². The maximum absolute atomic E-state index is 11.7. The normalized spacial score (nSPS) is 11.3. The summed E-state index contributed by atoms with van der Waals surface area (Å²) < 4.78 is 27.9. The highest BCUT2D eigenvalue weighted by atomic mass is 79.9. The van der Waals surface area contributed by atoms with E-state index in [-0.39, 0.29) is 21.5 Å². The summed E-state index contributed by atoms with van der Waals surface area (Å²) in [6.45, 7) is 3.53. The molecule has 0 saturated carbocycles. The molecular weight excluding hydrogens is 332 g/mol. The minimum atomic E-state index is -4.02. The van der Waals surface area contributed by atoms with Gasteiger partial charge in [0.25, 0.3) is 9.05 Å². The Morgan fingerprint density at radius 1 is 1.47 bits per heavy atom. The van der Waals surface area contributed by atoms with Gasteiger partial charge in [-0.3, -0.25) is 0 Å². The van der Waals surface area contributed by atoms with Crippen LogP contribution in [0.15, 0.2) is 21.5 Å². The fourth-order valence-electron chi connectivity index (χ4n) is 1.34. The van der Waals surface area contributed by atoms with E-state index in [4.69, 9.17) is 15.4 Å². The first-order valence-corrected chi connectivity index (χ1v) is 7.79. The number of halogens is 2. The molecule has 0 aromatic heterocycles. The first-order chi connectivity index (χ1) is 7.77. The summed E-state index contributed by atoms with van der Waals surface area (Å²) in [5.41, 5.74) is 0.665. The minimum Gasteiger partial charge on any atom is -0.462 e. The fraction of sp³-hybridized carbons (Fsp3) is 0.300. The maximum atomic E-state index is 11.7. The number of aryl methyl sites for hydroxylation is 1. The van der Waals surface area contributed by atoms with E-state index in [1.807, 2.05) is 0 Å². The number of esters is 1. The van der Waals surface area contributed by atoms with Crippen molar-refractivity contribution in [2.45, 2.75) is 18.7 Å². The van der Waals surface area contributed by atoms with Gasteiger partial charge in [0, 0.05) is 15.2 Å². The summed E-state index contributed by atoms with van der Waals surface area (Å²) in [6, 6.07) is 3.00. The Morgan fingerprint density at radius 3 is 2.53 bits per heavy atom. The first-order valence-electron chi connectivity index (χ1n) is 4.69. The number of rotatable bonds is 3. The van der Waals surface area contributed by atoms with Gasteiger partial charge < -0.3 is 4.74 Å². The zero-order chi connectivity index (χ0) is 13.2. The van der Waals surface area contributed by atoms with Crippen molar-refractivity contribution in [3.63, 3.8) is 0 Å². The van der Waals surface area contributed by atoms with E-state index in [1.165, 1.54) is 6.07 Å². The lowest BCUT2D eigenvalue weighted by molar-refractivity contribution is 0.0521. The Bertz CT molecular complexity index is 554. The van der Waals surface area contributed by atoms with Gasteiger partial charge in [-0.05, 0) is 47.5 Å². The molecule has 0 heterocycles. The van der Waals surface area contributed by atoms with E-state index in [0.717, 1.165) is 5.56 Å². The average molecular weight is 342 g/mol. The van der Waals surface area contributed by atoms with Crippen molar-refractivity contribution in [2.24, 2.45) is 0 Å². The van der Waals surface area contributed by atoms with Gasteiger partial charge in [0.1, 0.15) is 4.90 Å². The summed E-state index contributed by atoms with van der Waals surface area (Å²) in [4.78, 5) is 11.4. The summed E-state index contributed by atoms with van der Waals surface area (Å²) in [6.07, 6.45) is 0. The first kappa shape index (κ1) is 14.5. The fourth-order valence-corrected chi connectivity index (χ4v) is 4.03. The van der Waals surface area contributed by atoms with Crippen LogP contribution in [0.1, 0.15) is 22.8 Å². The SMILES string of the molecule is CCOC(=O)c1cc(C)cc(Br)c1S(=O)(=O)Cl. The van der Waals surface area contributed by atoms with Gasteiger partial charge in [0.15, 0.2) is 0 Å². The number of benzene rings is 1. The molecule has 1 aromatic carbocycles. The molecule has 7 heteroatoms. The average Bonchev–Trinajstić information content (AvgIpc) is 2.14. The topological polar surface area (TPSA) is 60.4 Å². The Morgan fingerprint density at radius 2 is 2.06 bits per heavy atom. The van der Waals surface area contributed by atoms with Gasteiger partial charge in [-0.25, -0.2) is 13.2 Å². The second-order valence-corrected chi connectivity index (χ2v) is 6.64. The highest BCUT2D eigenvalue weighted by molar-refractivity contribution is 9.10. The number of ether oxygens (including phenoxy) is 1. The van der Waals surface area contributed by atoms with E-state index in [2.05, 4.69) is 15.9 Å². The van der Waals surface area contributed by atoms with E-state index < -0.39 is 15.0 Å². The highest BCUT2D eigenvalue weighted by Crippen LogP contribution is 2.30. The molecule has 0 spiro atoms. The van der Waals surface area contributed by atoms with Gasteiger partial charge >= 0.3 is 5.97 Å². The van der Waals surface area contributed by atoms with E-state index in [1.54, 1.807) is 19.9 Å². The van der Waals surface area contributed by atoms with Crippen molar-refractivity contribution >= 4 is 41.6 Å². The Hall–Kier alpha value is -0.590. The van der Waals surface area contributed by atoms with Crippen LogP contribution in [0, 0.1) is 6.92 Å². The van der Waals surface area contributed by atoms with Crippen LogP contribution in [-0.2, 0) is 13.8 Å². The minimum absolute atomic E-state index is 0.0614. The molecule has 0 bridgehead atoms. The van der Waals surface area contributed by atoms with Gasteiger partial charge in [-0.2, -0.15) is 0 Å². The maximum Gasteiger partial charge on any atom is 0.339 e. The number of carbonyl (C=O) groups is 1. The molecule has 0 saturated heterocycles. The second-order valence-electron chi connectivity index (χ2n) is 3.28. The zero-order valence-corrected chi connectivity index (χ0v) is 12.3. The molecule has 94 valence electrons. The molecule has 1 aromatic rings. The Balaban J connectivity index is 3.52. The zero-order valence-electron chi connectivity index (χ0n) is 9.16. The smallest absolute Gasteiger partial charge is 0.339 e. The lowest BCUT2D eigenvalue weighted by Gasteiger charge is -2.09. The van der Waals surface area contributed by atoms with Crippen molar-refractivity contribution in [1.82, 2.24) is 0 Å². The molecule has 1 rings (SSSR count). The van der Waals surface area contributed by atoms with E-state index in [0.29, 0.717) is 0 Å². The molecule has 4 nitrogen and oxygen atoms in total. The molecule has 17 heavy (non-hydrogen) atoms. The number of hydrogen-bond donors (Lipinski definition) is 0. The molecule has 0 unspecified atom stereocenters. The van der Waals surface area contributed by atoms with Gasteiger partial charge in [0.05, 0.1) is 12.2 Å². The van der Waals surface area contributed by atoms with Crippen molar-refractivity contribution < 1.29 is 17.9 Å². The molecule has 0 aliphatic heterocycles. The lowest BCUT2D eigenvalue weighted by Crippen LogP contribution is -2.10. The third-order valence-electron chi connectivity index (χ3n) is 1.93. The Kier molecular flexibility index (Phi) is 4.57. The molecular formula is C10H10BrClO4S. The van der Waals surface area contributed by atoms with Crippen LogP contribution in [-0.4, -0.2) is 21.0 Å². The van der Waals surface area contributed by atoms with Crippen molar-refractivity contribution in [3.05, 3.63) is 27.7 Å². The lowest BCUT2D eigenvalue weighted by atomic mass is 10.1. The van der Waals surface area contributed by atoms with Crippen LogP contribution in [0.3, 0.4) is 0 Å². The monoisotopic (exact) mass is 340 g/mol. The summed E-state index contributed by atoms with van der Waals surface area (Å²) in [5.74, 6) is -0.712. The predicted molar refractivity (Wildman–Crippen MR) is 67.9 cm³/mol. The molecule has 0 amide bonds. The van der Waals surface area contributed by atoms with Crippen LogP contribution < -0.4 is 0 Å². The molecule has 0 atom stereocenters. The van der Waals surface area contributed by atoms with Crippen molar-refractivity contribution in [2.75, 3.05) is 6.61 Å². The van der Waals surface area contributed by atoms with Crippen LogP contribution >= 0.6 is 26.6 Å². The summed E-state index contributed by atoms with van der Waals surface area (Å²) in [5, 5.41) is 0. The third-order valence-corrected chi connectivity index (χ3v) is 4.21. The van der Waals surface area contributed by atoms with Crippen LogP contribution in [0.2, 0.25) is 0 Å². The van der Waals surface area contributed by atoms with Gasteiger partial charge in [0.2, 0.25) is 0 Å². The van der Waals surface area contributed by atoms with Crippen molar-refractivity contribution in [1.29, 1.82) is 0 Å². The number of hydrogen-bond acceptors (Lipinski definition) is 4. The van der Waals surface area contributed by atoms with Crippen molar-refractivity contribution in [3.8, 4) is 0 Å². The predicted octanol–water partition coefficient (Wildman–Crippen LogP) is 2.86. The Labute approximate surface area is 112 Å². The molecule has 0 N–H and O–H groups in total. The quantitative estimate of drug-likeness (QED) is 0.626. The molecule has 0 radical (unpaired) electrons. The largest absolute Gasteiger partial charge is 0.462 e. The van der Waals surface area contributed by atoms with Gasteiger partial charge in [-0.1, -0.05) is 0 Å². The summed E-state index contributed by atoms with van der Waals surface area (Å²) >= 11 is 3.08. The summed E-state index contributed by atoms with van der Waals surface area (Å²) in [7, 11) is 1.28. The molecule has 0 aliphatic rings. The van der Waals surface area contributed by atoms with Crippen LogP contribution in [0.4, 0.5) is 0 Å². The standard InChI is InChI=1S/C10H10BrClO4S/c1-3-16-10(13)7-4-6(2)5-8(11)9(7)17(12,14)15/h4-5H,3H2,1-2H3.